The normalized spacial score (nSPS) is 25.9. The van der Waals surface area contributed by atoms with Crippen LogP contribution in [0.15, 0.2) is 52.9 Å². The van der Waals surface area contributed by atoms with Gasteiger partial charge in [-0.2, -0.15) is 0 Å². The summed E-state index contributed by atoms with van der Waals surface area (Å²) in [4.78, 5) is 1.95. The van der Waals surface area contributed by atoms with E-state index in [0.717, 1.165) is 16.7 Å². The highest BCUT2D eigenvalue weighted by molar-refractivity contribution is 5.68. The molecule has 4 N–H and O–H groups in total. The highest BCUT2D eigenvalue weighted by Gasteiger charge is 2.43. The van der Waals surface area contributed by atoms with Crippen LogP contribution in [0.5, 0.6) is 0 Å². The Morgan fingerprint density at radius 2 is 1.59 bits per heavy atom. The molecule has 0 radical (unpaired) electrons. The largest absolute Gasteiger partial charge is 0.419 e. The van der Waals surface area contributed by atoms with Gasteiger partial charge in [0, 0.05) is 5.56 Å². The zero-order chi connectivity index (χ0) is 22.8. The number of hydrogen-bond acceptors (Lipinski definition) is 9. The van der Waals surface area contributed by atoms with Crippen molar-refractivity contribution in [1.29, 1.82) is 0 Å². The van der Waals surface area contributed by atoms with Gasteiger partial charge in [-0.1, -0.05) is 30.3 Å². The third-order valence-electron chi connectivity index (χ3n) is 5.49. The second kappa shape index (κ2) is 9.45. The van der Waals surface area contributed by atoms with Gasteiger partial charge in [0.05, 0.1) is 13.2 Å². The van der Waals surface area contributed by atoms with Gasteiger partial charge in [-0.25, -0.2) is 0 Å². The zero-order valence-electron chi connectivity index (χ0n) is 17.9. The number of aromatic nitrogens is 2. The fourth-order valence-electron chi connectivity index (χ4n) is 3.78. The maximum absolute atomic E-state index is 10.4. The average Bonchev–Trinajstić information content (AvgIpc) is 3.26. The van der Waals surface area contributed by atoms with Crippen LogP contribution < -0.4 is 0 Å². The molecule has 5 atom stereocenters. The van der Waals surface area contributed by atoms with Crippen molar-refractivity contribution in [2.24, 2.45) is 0 Å². The molecule has 1 fully saturated rings. The molecule has 3 aromatic rings. The van der Waals surface area contributed by atoms with E-state index in [2.05, 4.69) is 10.2 Å². The van der Waals surface area contributed by atoms with Crippen LogP contribution in [0.25, 0.3) is 22.6 Å². The Kier molecular flexibility index (Phi) is 6.66. The second-order valence-corrected chi connectivity index (χ2v) is 8.19. The predicted molar refractivity (Wildman–Crippen MR) is 115 cm³/mol. The summed E-state index contributed by atoms with van der Waals surface area (Å²) >= 11 is 0. The van der Waals surface area contributed by atoms with Gasteiger partial charge in [-0.05, 0) is 49.0 Å². The summed E-state index contributed by atoms with van der Waals surface area (Å²) in [6.07, 6.45) is -5.95. The summed E-state index contributed by atoms with van der Waals surface area (Å²) in [7, 11) is 3.86. The Balaban J connectivity index is 1.55. The minimum Gasteiger partial charge on any atom is -0.419 e. The van der Waals surface area contributed by atoms with Crippen LogP contribution in [0.2, 0.25) is 0 Å². The Morgan fingerprint density at radius 1 is 0.875 bits per heavy atom. The van der Waals surface area contributed by atoms with Crippen molar-refractivity contribution in [3.63, 3.8) is 0 Å². The summed E-state index contributed by atoms with van der Waals surface area (Å²) in [6, 6.07) is 15.0. The maximum Gasteiger partial charge on any atom is 0.247 e. The highest BCUT2D eigenvalue weighted by atomic mass is 16.5. The van der Waals surface area contributed by atoms with Crippen LogP contribution in [0, 0.1) is 0 Å². The molecule has 32 heavy (non-hydrogen) atoms. The molecule has 1 aliphatic heterocycles. The van der Waals surface area contributed by atoms with Gasteiger partial charge in [0.15, 0.2) is 0 Å². The molecule has 0 aliphatic carbocycles. The Labute approximate surface area is 185 Å². The lowest BCUT2D eigenvalue weighted by Gasteiger charge is -2.40. The van der Waals surface area contributed by atoms with E-state index in [1.54, 1.807) is 6.07 Å². The van der Waals surface area contributed by atoms with Gasteiger partial charge < -0.3 is 34.5 Å². The number of aliphatic hydroxyl groups excluding tert-OH is 4. The fraction of sp³-hybridized carbons (Fsp3) is 0.391. The van der Waals surface area contributed by atoms with Gasteiger partial charge in [0.25, 0.3) is 0 Å². The first-order valence-electron chi connectivity index (χ1n) is 10.4. The Morgan fingerprint density at radius 3 is 2.28 bits per heavy atom. The lowest BCUT2D eigenvalue weighted by molar-refractivity contribution is -0.231. The molecule has 1 saturated heterocycles. The van der Waals surface area contributed by atoms with E-state index in [4.69, 9.17) is 9.15 Å². The lowest BCUT2D eigenvalue weighted by atomic mass is 9.90. The van der Waals surface area contributed by atoms with Crippen molar-refractivity contribution in [3.8, 4) is 22.6 Å². The monoisotopic (exact) mass is 441 g/mol. The molecule has 4 rings (SSSR count). The first-order valence-corrected chi connectivity index (χ1v) is 10.4. The maximum atomic E-state index is 10.4. The molecule has 0 spiro atoms. The molecule has 2 aromatic carbocycles. The van der Waals surface area contributed by atoms with Crippen LogP contribution in [-0.4, -0.2) is 80.6 Å². The zero-order valence-corrected chi connectivity index (χ0v) is 17.9. The lowest BCUT2D eigenvalue weighted by Crippen LogP contribution is -2.55. The molecular formula is C23H27N3O6. The number of ether oxygens (including phenoxy) is 1. The quantitative estimate of drug-likeness (QED) is 0.442. The van der Waals surface area contributed by atoms with Crippen molar-refractivity contribution in [2.45, 2.75) is 37.1 Å². The first kappa shape index (κ1) is 22.5. The number of aliphatic hydroxyl groups is 4. The molecule has 9 nitrogen and oxygen atoms in total. The summed E-state index contributed by atoms with van der Waals surface area (Å²) in [5.74, 6) is 0.991. The summed E-state index contributed by atoms with van der Waals surface area (Å²) in [5, 5.41) is 48.1. The average molecular weight is 441 g/mol. The van der Waals surface area contributed by atoms with Gasteiger partial charge in [-0.3, -0.25) is 0 Å². The van der Waals surface area contributed by atoms with Crippen LogP contribution >= 0.6 is 0 Å². The van der Waals surface area contributed by atoms with Gasteiger partial charge in [0.1, 0.15) is 30.5 Å². The first-order chi connectivity index (χ1) is 15.4. The molecule has 2 heterocycles. The standard InChI is InChI=1S/C23H27N3O6/c1-26(2)11-18-24-25-23(32-18)14-8-6-13(7-9-14)15-4-3-5-16(10-15)22-21(30)20(29)19(28)17(12-27)31-22/h3-10,17,19-22,27-30H,11-12H2,1-2H3/t17?,19-,20?,21?,22-/m1/s1. The van der Waals surface area contributed by atoms with Crippen molar-refractivity contribution in [3.05, 3.63) is 60.0 Å². The van der Waals surface area contributed by atoms with E-state index < -0.39 is 37.1 Å². The Hall–Kier alpha value is -2.66. The van der Waals surface area contributed by atoms with E-state index in [0.29, 0.717) is 23.9 Å². The van der Waals surface area contributed by atoms with Gasteiger partial charge >= 0.3 is 0 Å². The van der Waals surface area contributed by atoms with Crippen LogP contribution in [0.3, 0.4) is 0 Å². The van der Waals surface area contributed by atoms with Gasteiger partial charge in [0.2, 0.25) is 11.8 Å². The number of benzene rings is 2. The molecule has 9 heteroatoms. The topological polar surface area (TPSA) is 132 Å². The summed E-state index contributed by atoms with van der Waals surface area (Å²) in [5.41, 5.74) is 3.24. The Bertz CT molecular complexity index is 1040. The van der Waals surface area contributed by atoms with Crippen molar-refractivity contribution >= 4 is 0 Å². The molecular weight excluding hydrogens is 414 g/mol. The van der Waals surface area contributed by atoms with Crippen molar-refractivity contribution in [1.82, 2.24) is 15.1 Å². The van der Waals surface area contributed by atoms with Gasteiger partial charge in [-0.15, -0.1) is 10.2 Å². The molecule has 0 saturated carbocycles. The summed E-state index contributed by atoms with van der Waals surface area (Å²) < 4.78 is 11.4. The molecule has 0 amide bonds. The minimum absolute atomic E-state index is 0.448. The number of rotatable bonds is 6. The fourth-order valence-corrected chi connectivity index (χ4v) is 3.78. The van der Waals surface area contributed by atoms with E-state index in [9.17, 15) is 20.4 Å². The van der Waals surface area contributed by atoms with Crippen LogP contribution in [0.4, 0.5) is 0 Å². The van der Waals surface area contributed by atoms with E-state index in [-0.39, 0.29) is 0 Å². The SMILES string of the molecule is CN(C)Cc1nnc(-c2ccc(-c3cccc([C@H]4OC(CO)[C@@H](O)C(O)C4O)c3)cc2)o1. The molecule has 170 valence electrons. The molecule has 1 aliphatic rings. The molecule has 3 unspecified atom stereocenters. The van der Waals surface area contributed by atoms with Crippen molar-refractivity contribution in [2.75, 3.05) is 20.7 Å². The minimum atomic E-state index is -1.42. The van der Waals surface area contributed by atoms with Crippen molar-refractivity contribution < 1.29 is 29.6 Å². The smallest absolute Gasteiger partial charge is 0.247 e. The third kappa shape index (κ3) is 4.58. The van der Waals surface area contributed by atoms with E-state index in [1.807, 2.05) is 61.5 Å². The second-order valence-electron chi connectivity index (χ2n) is 8.19. The van der Waals surface area contributed by atoms with E-state index >= 15 is 0 Å². The highest BCUT2D eigenvalue weighted by Crippen LogP contribution is 2.34. The molecule has 0 bridgehead atoms. The predicted octanol–water partition coefficient (Wildman–Crippen LogP) is 0.980. The number of hydrogen-bond donors (Lipinski definition) is 4. The summed E-state index contributed by atoms with van der Waals surface area (Å²) in [6.45, 7) is 0.102. The third-order valence-corrected chi connectivity index (χ3v) is 5.49. The van der Waals surface area contributed by atoms with E-state index in [1.165, 1.54) is 0 Å². The van der Waals surface area contributed by atoms with Crippen LogP contribution in [-0.2, 0) is 11.3 Å². The number of nitrogens with zero attached hydrogens (tertiary/aromatic N) is 3. The molecule has 1 aromatic heterocycles. The van der Waals surface area contributed by atoms with Crippen LogP contribution in [0.1, 0.15) is 17.6 Å².